The lowest BCUT2D eigenvalue weighted by Gasteiger charge is -2.38. The highest BCUT2D eigenvalue weighted by molar-refractivity contribution is 9.10. The number of rotatable bonds is 2. The van der Waals surface area contributed by atoms with E-state index in [2.05, 4.69) is 55.1 Å². The monoisotopic (exact) mass is 516 g/mol. The van der Waals surface area contributed by atoms with Crippen molar-refractivity contribution in [3.63, 3.8) is 0 Å². The fourth-order valence-corrected chi connectivity index (χ4v) is 4.68. The largest absolute Gasteiger partial charge is 0.464 e. The van der Waals surface area contributed by atoms with Crippen LogP contribution in [0.15, 0.2) is 80.8 Å². The SMILES string of the molecule is Clc1ccc(C2=NN3[C@H](C2)c2cc(Br)ccc2O[C@@H]3c2cccc(Br)c2)cc1. The molecule has 0 amide bonds. The van der Waals surface area contributed by atoms with E-state index in [-0.39, 0.29) is 12.3 Å². The van der Waals surface area contributed by atoms with Gasteiger partial charge in [0.15, 0.2) is 0 Å². The normalized spacial score (nSPS) is 20.2. The van der Waals surface area contributed by atoms with E-state index in [4.69, 9.17) is 21.4 Å². The summed E-state index contributed by atoms with van der Waals surface area (Å²) in [6.07, 6.45) is 0.542. The molecule has 140 valence electrons. The average molecular weight is 519 g/mol. The van der Waals surface area contributed by atoms with Crippen LogP contribution < -0.4 is 4.74 Å². The van der Waals surface area contributed by atoms with Gasteiger partial charge >= 0.3 is 0 Å². The van der Waals surface area contributed by atoms with Crippen LogP contribution >= 0.6 is 43.5 Å². The number of halogens is 3. The number of hydrogen-bond acceptors (Lipinski definition) is 3. The smallest absolute Gasteiger partial charge is 0.213 e. The number of ether oxygens (including phenoxy) is 1. The van der Waals surface area contributed by atoms with Gasteiger partial charge in [-0.25, -0.2) is 5.01 Å². The second-order valence-electron chi connectivity index (χ2n) is 6.86. The van der Waals surface area contributed by atoms with E-state index in [0.29, 0.717) is 0 Å². The highest BCUT2D eigenvalue weighted by Crippen LogP contribution is 2.48. The van der Waals surface area contributed by atoms with Crippen LogP contribution in [-0.4, -0.2) is 10.7 Å². The Kier molecular flexibility index (Phi) is 4.69. The molecule has 0 bridgehead atoms. The Bertz CT molecular complexity index is 1080. The molecule has 0 aromatic heterocycles. The molecule has 5 rings (SSSR count). The fourth-order valence-electron chi connectivity index (χ4n) is 3.76. The molecule has 0 saturated carbocycles. The van der Waals surface area contributed by atoms with Crippen LogP contribution in [0.3, 0.4) is 0 Å². The first-order valence-electron chi connectivity index (χ1n) is 8.92. The van der Waals surface area contributed by atoms with Gasteiger partial charge in [0, 0.05) is 31.5 Å². The Labute approximate surface area is 185 Å². The molecule has 0 aliphatic carbocycles. The Morgan fingerprint density at radius 1 is 0.964 bits per heavy atom. The molecule has 3 aromatic carbocycles. The minimum Gasteiger partial charge on any atom is -0.464 e. The minimum atomic E-state index is -0.277. The van der Waals surface area contributed by atoms with E-state index in [9.17, 15) is 0 Å². The molecule has 0 N–H and O–H groups in total. The molecule has 0 spiro atoms. The Morgan fingerprint density at radius 3 is 2.54 bits per heavy atom. The van der Waals surface area contributed by atoms with Gasteiger partial charge in [-0.2, -0.15) is 5.10 Å². The van der Waals surface area contributed by atoms with Crippen molar-refractivity contribution in [2.75, 3.05) is 0 Å². The minimum absolute atomic E-state index is 0.121. The first-order chi connectivity index (χ1) is 13.6. The van der Waals surface area contributed by atoms with Gasteiger partial charge in [-0.3, -0.25) is 0 Å². The van der Waals surface area contributed by atoms with Crippen LogP contribution in [0.1, 0.15) is 35.4 Å². The van der Waals surface area contributed by atoms with Crippen LogP contribution in [0.25, 0.3) is 0 Å². The molecule has 0 fully saturated rings. The Morgan fingerprint density at radius 2 is 1.75 bits per heavy atom. The molecule has 2 aliphatic heterocycles. The van der Waals surface area contributed by atoms with Gasteiger partial charge in [0.05, 0.1) is 11.8 Å². The molecular formula is C22H15Br2ClN2O. The molecule has 2 aliphatic rings. The average Bonchev–Trinajstić information content (AvgIpc) is 3.14. The van der Waals surface area contributed by atoms with Crippen LogP contribution in [0.4, 0.5) is 0 Å². The summed E-state index contributed by atoms with van der Waals surface area (Å²) in [5.41, 5.74) is 4.34. The van der Waals surface area contributed by atoms with Crippen molar-refractivity contribution in [1.82, 2.24) is 5.01 Å². The van der Waals surface area contributed by atoms with Gasteiger partial charge in [0.25, 0.3) is 0 Å². The molecule has 0 unspecified atom stereocenters. The third-order valence-electron chi connectivity index (χ3n) is 5.06. The third-order valence-corrected chi connectivity index (χ3v) is 6.30. The molecule has 0 radical (unpaired) electrons. The van der Waals surface area contributed by atoms with Crippen molar-refractivity contribution >= 4 is 49.2 Å². The number of hydrazone groups is 1. The Hall–Kier alpha value is -1.82. The van der Waals surface area contributed by atoms with Crippen LogP contribution in [0, 0.1) is 0 Å². The zero-order valence-electron chi connectivity index (χ0n) is 14.6. The summed E-state index contributed by atoms with van der Waals surface area (Å²) >= 11 is 13.2. The van der Waals surface area contributed by atoms with Crippen molar-refractivity contribution in [3.05, 3.63) is 97.4 Å². The van der Waals surface area contributed by atoms with Gasteiger partial charge in [-0.05, 0) is 48.0 Å². The summed E-state index contributed by atoms with van der Waals surface area (Å²) < 4.78 is 8.46. The molecular weight excluding hydrogens is 504 g/mol. The summed E-state index contributed by atoms with van der Waals surface area (Å²) in [6.45, 7) is 0. The first-order valence-corrected chi connectivity index (χ1v) is 10.9. The number of fused-ring (bicyclic) bond motifs is 3. The van der Waals surface area contributed by atoms with Gasteiger partial charge in [-0.15, -0.1) is 0 Å². The molecule has 28 heavy (non-hydrogen) atoms. The number of hydrogen-bond donors (Lipinski definition) is 0. The second-order valence-corrected chi connectivity index (χ2v) is 9.13. The van der Waals surface area contributed by atoms with Gasteiger partial charge in [0.1, 0.15) is 5.75 Å². The van der Waals surface area contributed by atoms with Gasteiger partial charge in [-0.1, -0.05) is 67.7 Å². The molecule has 0 saturated heterocycles. The number of benzene rings is 3. The predicted octanol–water partition coefficient (Wildman–Crippen LogP) is 7.11. The highest BCUT2D eigenvalue weighted by atomic mass is 79.9. The van der Waals surface area contributed by atoms with E-state index in [1.165, 1.54) is 0 Å². The van der Waals surface area contributed by atoms with E-state index >= 15 is 0 Å². The fraction of sp³-hybridized carbons (Fsp3) is 0.136. The van der Waals surface area contributed by atoms with Crippen LogP contribution in [-0.2, 0) is 0 Å². The summed E-state index contributed by atoms with van der Waals surface area (Å²) in [5, 5.41) is 7.79. The quantitative estimate of drug-likeness (QED) is 0.361. The molecule has 2 heterocycles. The van der Waals surface area contributed by atoms with E-state index in [0.717, 1.165) is 48.5 Å². The highest BCUT2D eigenvalue weighted by Gasteiger charge is 2.41. The van der Waals surface area contributed by atoms with Gasteiger partial charge < -0.3 is 4.74 Å². The lowest BCUT2D eigenvalue weighted by molar-refractivity contribution is -0.0191. The zero-order valence-corrected chi connectivity index (χ0v) is 18.6. The first kappa shape index (κ1) is 18.2. The Balaban J connectivity index is 1.61. The predicted molar refractivity (Wildman–Crippen MR) is 119 cm³/mol. The third kappa shape index (κ3) is 3.25. The molecule has 3 aromatic rings. The lowest BCUT2D eigenvalue weighted by Crippen LogP contribution is -2.33. The standard InChI is InChI=1S/C22H15Br2ClN2O/c23-15-3-1-2-14(10-15)22-27-20(18-11-16(24)6-9-21(18)28-22)12-19(26-27)13-4-7-17(25)8-5-13/h1-11,20,22H,12H2/t20-,22-/m1/s1. The maximum absolute atomic E-state index is 6.40. The van der Waals surface area contributed by atoms with E-state index < -0.39 is 0 Å². The van der Waals surface area contributed by atoms with E-state index in [1.54, 1.807) is 0 Å². The topological polar surface area (TPSA) is 24.8 Å². The second kappa shape index (κ2) is 7.21. The van der Waals surface area contributed by atoms with Crippen molar-refractivity contribution in [2.24, 2.45) is 5.10 Å². The summed E-state index contributed by atoms with van der Waals surface area (Å²) in [7, 11) is 0. The zero-order chi connectivity index (χ0) is 19.3. The maximum Gasteiger partial charge on any atom is 0.213 e. The van der Waals surface area contributed by atoms with Crippen molar-refractivity contribution in [3.8, 4) is 5.75 Å². The van der Waals surface area contributed by atoms with E-state index in [1.807, 2.05) is 48.5 Å². The number of nitrogens with zero attached hydrogens (tertiary/aromatic N) is 2. The molecule has 6 heteroatoms. The van der Waals surface area contributed by atoms with Crippen LogP contribution in [0.2, 0.25) is 5.02 Å². The van der Waals surface area contributed by atoms with Crippen molar-refractivity contribution in [1.29, 1.82) is 0 Å². The van der Waals surface area contributed by atoms with Gasteiger partial charge in [0.2, 0.25) is 6.23 Å². The lowest BCUT2D eigenvalue weighted by atomic mass is 9.96. The summed E-state index contributed by atoms with van der Waals surface area (Å²) in [6, 6.07) is 22.4. The van der Waals surface area contributed by atoms with Crippen molar-refractivity contribution < 1.29 is 4.74 Å². The molecule has 2 atom stereocenters. The maximum atomic E-state index is 6.40. The van der Waals surface area contributed by atoms with Crippen molar-refractivity contribution in [2.45, 2.75) is 18.7 Å². The molecule has 3 nitrogen and oxygen atoms in total. The van der Waals surface area contributed by atoms with Crippen LogP contribution in [0.5, 0.6) is 5.75 Å². The summed E-state index contributed by atoms with van der Waals surface area (Å²) in [5.74, 6) is 0.905. The summed E-state index contributed by atoms with van der Waals surface area (Å²) in [4.78, 5) is 0.